The summed E-state index contributed by atoms with van der Waals surface area (Å²) in [6.07, 6.45) is 8.30. The number of piperidine rings is 2. The van der Waals surface area contributed by atoms with Crippen LogP contribution in [0, 0.1) is 16.7 Å². The van der Waals surface area contributed by atoms with Gasteiger partial charge in [0.05, 0.1) is 45.2 Å². The molecule has 1 aromatic carbocycles. The molecule has 3 heterocycles. The second kappa shape index (κ2) is 12.1. The number of hydrogen-bond donors (Lipinski definition) is 0. The maximum atomic E-state index is 8.75. The maximum absolute atomic E-state index is 8.75. The van der Waals surface area contributed by atoms with Crippen LogP contribution in [-0.2, 0) is 20.8 Å². The van der Waals surface area contributed by atoms with Crippen LogP contribution in [-0.4, -0.2) is 70.1 Å². The van der Waals surface area contributed by atoms with Crippen molar-refractivity contribution in [1.82, 2.24) is 9.80 Å². The average molecular weight is 483 g/mol. The Kier molecular flexibility index (Phi) is 8.94. The molecular weight excluding hydrogens is 440 g/mol. The van der Waals surface area contributed by atoms with Crippen molar-refractivity contribution < 1.29 is 14.2 Å². The minimum absolute atomic E-state index is 0.347. The number of ether oxygens (including phenoxy) is 3. The third-order valence-corrected chi connectivity index (χ3v) is 8.37. The van der Waals surface area contributed by atoms with Gasteiger partial charge in [-0.05, 0) is 55.2 Å². The summed E-state index contributed by atoms with van der Waals surface area (Å²) < 4.78 is 16.4. The lowest BCUT2D eigenvalue weighted by molar-refractivity contribution is 0.0138. The molecule has 1 atom stereocenters. The molecule has 4 rings (SSSR count). The molecule has 3 aliphatic heterocycles. The molecule has 1 unspecified atom stereocenters. The summed E-state index contributed by atoms with van der Waals surface area (Å²) in [7, 11) is 3.49. The van der Waals surface area contributed by atoms with Gasteiger partial charge in [0.15, 0.2) is 0 Å². The van der Waals surface area contributed by atoms with E-state index in [1.807, 2.05) is 6.26 Å². The number of hydrogen-bond acceptors (Lipinski definition) is 7. The summed E-state index contributed by atoms with van der Waals surface area (Å²) in [6.45, 7) is 9.49. The first-order valence-electron chi connectivity index (χ1n) is 13.1. The van der Waals surface area contributed by atoms with Crippen molar-refractivity contribution in [3.63, 3.8) is 0 Å². The quantitative estimate of drug-likeness (QED) is 0.355. The van der Waals surface area contributed by atoms with Crippen molar-refractivity contribution in [2.45, 2.75) is 58.0 Å². The van der Waals surface area contributed by atoms with Crippen LogP contribution in [0.1, 0.15) is 62.6 Å². The largest absolute Gasteiger partial charge is 0.503 e. The SMILES string of the molecule is CO/C=C(/CCOC)N1CCC2(CC1)CCN(c1cccc3c1CN(COCCC#N)C3C)CC2. The Hall–Kier alpha value is -2.27. The van der Waals surface area contributed by atoms with Gasteiger partial charge in [-0.2, -0.15) is 5.26 Å². The fraction of sp³-hybridized carbons (Fsp3) is 0.679. The van der Waals surface area contributed by atoms with E-state index in [2.05, 4.69) is 45.9 Å². The van der Waals surface area contributed by atoms with Crippen LogP contribution in [0.5, 0.6) is 0 Å². The van der Waals surface area contributed by atoms with Crippen molar-refractivity contribution in [2.24, 2.45) is 5.41 Å². The van der Waals surface area contributed by atoms with Gasteiger partial charge in [0.2, 0.25) is 0 Å². The Morgan fingerprint density at radius 1 is 1.11 bits per heavy atom. The van der Waals surface area contributed by atoms with Crippen LogP contribution >= 0.6 is 0 Å². The van der Waals surface area contributed by atoms with E-state index >= 15 is 0 Å². The van der Waals surface area contributed by atoms with Gasteiger partial charge < -0.3 is 24.0 Å². The smallest absolute Gasteiger partial charge is 0.102 e. The van der Waals surface area contributed by atoms with Crippen LogP contribution in [0.3, 0.4) is 0 Å². The van der Waals surface area contributed by atoms with Crippen LogP contribution in [0.25, 0.3) is 0 Å². The zero-order valence-corrected chi connectivity index (χ0v) is 21.8. The lowest BCUT2D eigenvalue weighted by atomic mass is 9.71. The number of methoxy groups -OCH3 is 2. The number of benzene rings is 1. The van der Waals surface area contributed by atoms with Gasteiger partial charge in [-0.1, -0.05) is 12.1 Å². The predicted octanol–water partition coefficient (Wildman–Crippen LogP) is 4.66. The molecule has 2 saturated heterocycles. The van der Waals surface area contributed by atoms with E-state index in [9.17, 15) is 0 Å². The molecule has 192 valence electrons. The zero-order valence-electron chi connectivity index (χ0n) is 21.8. The Morgan fingerprint density at radius 3 is 2.54 bits per heavy atom. The monoisotopic (exact) mass is 482 g/mol. The molecule has 3 aliphatic rings. The number of nitrogens with zero attached hydrogens (tertiary/aromatic N) is 4. The van der Waals surface area contributed by atoms with Crippen LogP contribution < -0.4 is 4.90 Å². The second-order valence-corrected chi connectivity index (χ2v) is 10.3. The van der Waals surface area contributed by atoms with Crippen LogP contribution in [0.15, 0.2) is 30.2 Å². The van der Waals surface area contributed by atoms with Crippen molar-refractivity contribution in [1.29, 1.82) is 5.26 Å². The zero-order chi connectivity index (χ0) is 24.7. The highest BCUT2D eigenvalue weighted by Gasteiger charge is 2.39. The summed E-state index contributed by atoms with van der Waals surface area (Å²) in [5.41, 5.74) is 6.02. The molecule has 1 aromatic rings. The van der Waals surface area contributed by atoms with E-state index in [-0.39, 0.29) is 0 Å². The molecule has 1 spiro atoms. The van der Waals surface area contributed by atoms with Gasteiger partial charge in [0.25, 0.3) is 0 Å². The number of anilines is 1. The topological polar surface area (TPSA) is 61.2 Å². The highest BCUT2D eigenvalue weighted by Crippen LogP contribution is 2.45. The molecule has 35 heavy (non-hydrogen) atoms. The molecule has 0 N–H and O–H groups in total. The molecule has 7 nitrogen and oxygen atoms in total. The minimum Gasteiger partial charge on any atom is -0.503 e. The Balaban J connectivity index is 1.34. The first-order chi connectivity index (χ1) is 17.1. The highest BCUT2D eigenvalue weighted by atomic mass is 16.5. The van der Waals surface area contributed by atoms with Crippen molar-refractivity contribution in [3.05, 3.63) is 41.3 Å². The molecule has 0 aliphatic carbocycles. The summed E-state index contributed by atoms with van der Waals surface area (Å²) in [6, 6.07) is 9.30. The Labute approximate surface area is 211 Å². The van der Waals surface area contributed by atoms with E-state index in [4.69, 9.17) is 19.5 Å². The first kappa shape index (κ1) is 25.8. The predicted molar refractivity (Wildman–Crippen MR) is 138 cm³/mol. The normalized spacial score (nSPS) is 22.3. The summed E-state index contributed by atoms with van der Waals surface area (Å²) >= 11 is 0. The highest BCUT2D eigenvalue weighted by molar-refractivity contribution is 5.59. The molecule has 7 heteroatoms. The van der Waals surface area contributed by atoms with Crippen molar-refractivity contribution >= 4 is 5.69 Å². The number of likely N-dealkylation sites (tertiary alicyclic amines) is 1. The van der Waals surface area contributed by atoms with Crippen molar-refractivity contribution in [2.75, 3.05) is 65.2 Å². The van der Waals surface area contributed by atoms with Crippen LogP contribution in [0.4, 0.5) is 5.69 Å². The van der Waals surface area contributed by atoms with Gasteiger partial charge >= 0.3 is 0 Å². The number of fused-ring (bicyclic) bond motifs is 1. The van der Waals surface area contributed by atoms with E-state index in [0.717, 1.165) is 45.8 Å². The van der Waals surface area contributed by atoms with Crippen LogP contribution in [0.2, 0.25) is 0 Å². The average Bonchev–Trinajstić information content (AvgIpc) is 3.21. The number of rotatable bonds is 10. The van der Waals surface area contributed by atoms with E-state index in [1.165, 1.54) is 48.2 Å². The fourth-order valence-corrected chi connectivity index (χ4v) is 6.07. The third-order valence-electron chi connectivity index (χ3n) is 8.37. The maximum Gasteiger partial charge on any atom is 0.102 e. The molecule has 0 radical (unpaired) electrons. The van der Waals surface area contributed by atoms with Gasteiger partial charge in [-0.15, -0.1) is 0 Å². The Bertz CT molecular complexity index is 894. The van der Waals surface area contributed by atoms with Gasteiger partial charge in [0.1, 0.15) is 6.26 Å². The molecular formula is C28H42N4O3. The number of nitriles is 1. The summed E-state index contributed by atoms with van der Waals surface area (Å²) in [4.78, 5) is 7.50. The third kappa shape index (κ3) is 5.94. The molecule has 0 amide bonds. The van der Waals surface area contributed by atoms with E-state index in [0.29, 0.717) is 31.2 Å². The van der Waals surface area contributed by atoms with Crippen molar-refractivity contribution in [3.8, 4) is 6.07 Å². The fourth-order valence-electron chi connectivity index (χ4n) is 6.07. The van der Waals surface area contributed by atoms with E-state index in [1.54, 1.807) is 14.2 Å². The van der Waals surface area contributed by atoms with Gasteiger partial charge in [-0.3, -0.25) is 4.90 Å². The molecule has 0 saturated carbocycles. The van der Waals surface area contributed by atoms with Gasteiger partial charge in [-0.25, -0.2) is 0 Å². The lowest BCUT2D eigenvalue weighted by Crippen LogP contribution is -2.47. The molecule has 0 aromatic heterocycles. The first-order valence-corrected chi connectivity index (χ1v) is 13.1. The minimum atomic E-state index is 0.347. The molecule has 2 fully saturated rings. The summed E-state index contributed by atoms with van der Waals surface area (Å²) in [5.74, 6) is 0. The lowest BCUT2D eigenvalue weighted by Gasteiger charge is -2.48. The Morgan fingerprint density at radius 2 is 1.86 bits per heavy atom. The van der Waals surface area contributed by atoms with Gasteiger partial charge in [0, 0.05) is 58.0 Å². The second-order valence-electron chi connectivity index (χ2n) is 10.3. The molecule has 0 bridgehead atoms. The standard InChI is InChI=1S/C28H42N4O3/c1-23-25-6-4-7-27(26(25)20-32(23)22-35-18-5-13-29)31-16-11-28(12-17-31)9-14-30(15-10-28)24(21-34-3)8-19-33-2/h4,6-7,21,23H,5,8-12,14-20,22H2,1-3H3/b24-21-. The summed E-state index contributed by atoms with van der Waals surface area (Å²) in [5, 5.41) is 8.75. The van der Waals surface area contributed by atoms with E-state index < -0.39 is 0 Å².